The fourth-order valence-electron chi connectivity index (χ4n) is 1.46. The van der Waals surface area contributed by atoms with Crippen LogP contribution in [-0.4, -0.2) is 11.5 Å². The summed E-state index contributed by atoms with van der Waals surface area (Å²) in [6.07, 6.45) is 0. The van der Waals surface area contributed by atoms with Crippen molar-refractivity contribution in [3.63, 3.8) is 0 Å². The van der Waals surface area contributed by atoms with Crippen molar-refractivity contribution in [2.24, 2.45) is 10.8 Å². The van der Waals surface area contributed by atoms with E-state index < -0.39 is 0 Å². The molecule has 0 aliphatic rings. The SMILES string of the molecule is N#C/C(=N\Nc1cccc(-c2ccsc2)c1)C(=N)N. The van der Waals surface area contributed by atoms with Gasteiger partial charge < -0.3 is 5.73 Å². The van der Waals surface area contributed by atoms with Crippen LogP contribution in [0.25, 0.3) is 11.1 Å². The molecule has 0 bridgehead atoms. The Kier molecular flexibility index (Phi) is 3.90. The van der Waals surface area contributed by atoms with E-state index in [1.807, 2.05) is 35.7 Å². The monoisotopic (exact) mass is 269 g/mol. The van der Waals surface area contributed by atoms with Gasteiger partial charge in [-0.05, 0) is 40.1 Å². The summed E-state index contributed by atoms with van der Waals surface area (Å²) >= 11 is 1.63. The molecular weight excluding hydrogens is 258 g/mol. The van der Waals surface area contributed by atoms with Crippen LogP contribution in [0.1, 0.15) is 0 Å². The molecule has 1 heterocycles. The summed E-state index contributed by atoms with van der Waals surface area (Å²) in [6, 6.07) is 11.4. The van der Waals surface area contributed by atoms with Gasteiger partial charge in [-0.2, -0.15) is 21.7 Å². The van der Waals surface area contributed by atoms with Crippen LogP contribution in [0.3, 0.4) is 0 Å². The predicted octanol–water partition coefficient (Wildman–Crippen LogP) is 2.64. The molecule has 0 saturated heterocycles. The van der Waals surface area contributed by atoms with E-state index in [-0.39, 0.29) is 11.5 Å². The van der Waals surface area contributed by atoms with Crippen molar-refractivity contribution in [2.75, 3.05) is 5.43 Å². The predicted molar refractivity (Wildman–Crippen MR) is 78.3 cm³/mol. The van der Waals surface area contributed by atoms with Crippen molar-refractivity contribution in [2.45, 2.75) is 0 Å². The van der Waals surface area contributed by atoms with E-state index in [0.29, 0.717) is 0 Å². The van der Waals surface area contributed by atoms with Crippen molar-refractivity contribution < 1.29 is 0 Å². The topological polar surface area (TPSA) is 98.0 Å². The second-order valence-electron chi connectivity index (χ2n) is 3.69. The van der Waals surface area contributed by atoms with E-state index in [1.54, 1.807) is 17.4 Å². The first-order chi connectivity index (χ1) is 9.20. The minimum Gasteiger partial charge on any atom is -0.382 e. The molecule has 0 aliphatic heterocycles. The Labute approximate surface area is 114 Å². The Hall–Kier alpha value is -2.65. The van der Waals surface area contributed by atoms with Gasteiger partial charge in [0.15, 0.2) is 5.84 Å². The highest BCUT2D eigenvalue weighted by atomic mass is 32.1. The summed E-state index contributed by atoms with van der Waals surface area (Å²) < 4.78 is 0. The highest BCUT2D eigenvalue weighted by molar-refractivity contribution is 7.08. The second-order valence-corrected chi connectivity index (χ2v) is 4.47. The van der Waals surface area contributed by atoms with E-state index in [4.69, 9.17) is 16.4 Å². The van der Waals surface area contributed by atoms with E-state index in [0.717, 1.165) is 16.8 Å². The lowest BCUT2D eigenvalue weighted by atomic mass is 10.1. The maximum Gasteiger partial charge on any atom is 0.201 e. The summed E-state index contributed by atoms with van der Waals surface area (Å²) in [4.78, 5) is 0. The van der Waals surface area contributed by atoms with Gasteiger partial charge in [-0.15, -0.1) is 0 Å². The highest BCUT2D eigenvalue weighted by Gasteiger charge is 2.02. The van der Waals surface area contributed by atoms with Crippen LogP contribution in [0.5, 0.6) is 0 Å². The van der Waals surface area contributed by atoms with Crippen LogP contribution >= 0.6 is 11.3 Å². The van der Waals surface area contributed by atoms with Crippen LogP contribution in [0, 0.1) is 16.7 Å². The zero-order valence-corrected chi connectivity index (χ0v) is 10.7. The molecule has 0 fully saturated rings. The Morgan fingerprint density at radius 1 is 1.37 bits per heavy atom. The van der Waals surface area contributed by atoms with Crippen LogP contribution in [-0.2, 0) is 0 Å². The normalized spacial score (nSPS) is 10.8. The number of rotatable bonds is 4. The number of hydrogen-bond acceptors (Lipinski definition) is 5. The smallest absolute Gasteiger partial charge is 0.201 e. The third kappa shape index (κ3) is 3.18. The highest BCUT2D eigenvalue weighted by Crippen LogP contribution is 2.24. The van der Waals surface area contributed by atoms with Gasteiger partial charge >= 0.3 is 0 Å². The van der Waals surface area contributed by atoms with E-state index in [9.17, 15) is 0 Å². The summed E-state index contributed by atoms with van der Waals surface area (Å²) in [7, 11) is 0. The molecule has 0 unspecified atom stereocenters. The first kappa shape index (κ1) is 12.8. The zero-order chi connectivity index (χ0) is 13.7. The molecule has 94 valence electrons. The van der Waals surface area contributed by atoms with Crippen molar-refractivity contribution in [3.05, 3.63) is 41.1 Å². The lowest BCUT2D eigenvalue weighted by Gasteiger charge is -2.03. The minimum absolute atomic E-state index is 0.138. The van der Waals surface area contributed by atoms with Gasteiger partial charge in [0.25, 0.3) is 0 Å². The van der Waals surface area contributed by atoms with Crippen LogP contribution in [0.4, 0.5) is 5.69 Å². The zero-order valence-electron chi connectivity index (χ0n) is 9.92. The molecule has 0 atom stereocenters. The lowest BCUT2D eigenvalue weighted by molar-refractivity contribution is 1.33. The average Bonchev–Trinajstić information content (AvgIpc) is 2.93. The molecule has 5 nitrogen and oxygen atoms in total. The molecule has 0 spiro atoms. The molecule has 2 rings (SSSR count). The molecular formula is C13H11N5S. The molecule has 0 aliphatic carbocycles. The first-order valence-corrected chi connectivity index (χ1v) is 6.36. The van der Waals surface area contributed by atoms with E-state index in [2.05, 4.69) is 15.9 Å². The van der Waals surface area contributed by atoms with Crippen LogP contribution < -0.4 is 11.2 Å². The van der Waals surface area contributed by atoms with Crippen molar-refractivity contribution >= 4 is 28.6 Å². The van der Waals surface area contributed by atoms with Gasteiger partial charge in [0.1, 0.15) is 6.07 Å². The minimum atomic E-state index is -0.357. The molecule has 0 radical (unpaired) electrons. The van der Waals surface area contributed by atoms with Gasteiger partial charge in [-0.1, -0.05) is 12.1 Å². The second kappa shape index (κ2) is 5.80. The third-order valence-corrected chi connectivity index (χ3v) is 3.06. The standard InChI is InChI=1S/C13H11N5S/c14-7-12(13(15)16)18-17-11-3-1-2-9(6-11)10-4-5-19-8-10/h1-6,8,17H,(H3,15,16)/b18-12+. The van der Waals surface area contributed by atoms with Gasteiger partial charge in [0.05, 0.1) is 5.69 Å². The Balaban J connectivity index is 2.21. The van der Waals surface area contributed by atoms with Crippen molar-refractivity contribution in [1.29, 1.82) is 10.7 Å². The summed E-state index contributed by atoms with van der Waals surface area (Å²) in [5.41, 5.74) is 10.7. The fraction of sp³-hybridized carbons (Fsp3) is 0. The van der Waals surface area contributed by atoms with E-state index >= 15 is 0 Å². The molecule has 4 N–H and O–H groups in total. The van der Waals surface area contributed by atoms with Crippen molar-refractivity contribution in [1.82, 2.24) is 0 Å². The molecule has 2 aromatic rings. The average molecular weight is 269 g/mol. The van der Waals surface area contributed by atoms with Crippen LogP contribution in [0.15, 0.2) is 46.2 Å². The molecule has 1 aromatic carbocycles. The molecule has 1 aromatic heterocycles. The van der Waals surface area contributed by atoms with Gasteiger partial charge in [-0.25, -0.2) is 0 Å². The Morgan fingerprint density at radius 3 is 2.84 bits per heavy atom. The number of thiophene rings is 1. The number of nitrogens with zero attached hydrogens (tertiary/aromatic N) is 2. The summed E-state index contributed by atoms with van der Waals surface area (Å²) in [6.45, 7) is 0. The Bertz CT molecular complexity index is 652. The largest absolute Gasteiger partial charge is 0.382 e. The molecule has 0 saturated carbocycles. The maximum absolute atomic E-state index is 8.74. The molecule has 19 heavy (non-hydrogen) atoms. The van der Waals surface area contributed by atoms with Crippen LogP contribution in [0.2, 0.25) is 0 Å². The van der Waals surface area contributed by atoms with Gasteiger partial charge in [-0.3, -0.25) is 10.8 Å². The lowest BCUT2D eigenvalue weighted by Crippen LogP contribution is -2.21. The quantitative estimate of drug-likeness (QED) is 0.452. The number of benzene rings is 1. The van der Waals surface area contributed by atoms with Crippen molar-refractivity contribution in [3.8, 4) is 17.2 Å². The Morgan fingerprint density at radius 2 is 2.21 bits per heavy atom. The number of hydrazone groups is 1. The van der Waals surface area contributed by atoms with E-state index in [1.165, 1.54) is 0 Å². The number of hydrogen-bond donors (Lipinski definition) is 3. The fourth-order valence-corrected chi connectivity index (χ4v) is 2.13. The number of nitrogens with two attached hydrogens (primary N) is 1. The van der Waals surface area contributed by atoms with Gasteiger partial charge in [0, 0.05) is 0 Å². The molecule has 6 heteroatoms. The number of amidine groups is 1. The third-order valence-electron chi connectivity index (χ3n) is 2.37. The number of nitriles is 1. The molecule has 0 amide bonds. The van der Waals surface area contributed by atoms with Gasteiger partial charge in [0.2, 0.25) is 5.71 Å². The summed E-state index contributed by atoms with van der Waals surface area (Å²) in [5, 5.41) is 23.8. The summed E-state index contributed by atoms with van der Waals surface area (Å²) in [5.74, 6) is -0.357. The number of nitrogens with one attached hydrogen (secondary N) is 2. The number of anilines is 1. The maximum atomic E-state index is 8.74. The first-order valence-electron chi connectivity index (χ1n) is 5.41.